The predicted octanol–water partition coefficient (Wildman–Crippen LogP) is 2.97. The normalized spacial score (nSPS) is 25.3. The van der Waals surface area contributed by atoms with Crippen LogP contribution in [-0.2, 0) is 16.9 Å². The van der Waals surface area contributed by atoms with Crippen LogP contribution in [0.25, 0.3) is 0 Å². The number of hydrogen-bond acceptors (Lipinski definition) is 4. The molecule has 114 valence electrons. The highest BCUT2D eigenvalue weighted by atomic mass is 16.5. The van der Waals surface area contributed by atoms with Gasteiger partial charge in [-0.2, -0.15) is 0 Å². The van der Waals surface area contributed by atoms with E-state index in [-0.39, 0.29) is 5.60 Å². The van der Waals surface area contributed by atoms with Crippen molar-refractivity contribution in [2.45, 2.75) is 70.1 Å². The fraction of sp³-hybridized carbons (Fsp3) is 0.765. The SMILES string of the molecule is CC(C)N1CC2(C1)OCc1nc(C3CCCCC3)ncc12. The smallest absolute Gasteiger partial charge is 0.131 e. The molecule has 1 aromatic heterocycles. The quantitative estimate of drug-likeness (QED) is 0.838. The molecule has 3 heterocycles. The minimum atomic E-state index is -0.106. The fourth-order valence-corrected chi connectivity index (χ4v) is 4.00. The number of aromatic nitrogens is 2. The number of likely N-dealkylation sites (tertiary alicyclic amines) is 1. The van der Waals surface area contributed by atoms with E-state index < -0.39 is 0 Å². The van der Waals surface area contributed by atoms with Crippen LogP contribution in [0.1, 0.15) is 69.0 Å². The maximum absolute atomic E-state index is 6.13. The first kappa shape index (κ1) is 13.6. The first-order valence-corrected chi connectivity index (χ1v) is 8.42. The molecule has 0 radical (unpaired) electrons. The van der Waals surface area contributed by atoms with E-state index in [1.165, 1.54) is 37.7 Å². The minimum Gasteiger partial charge on any atom is -0.361 e. The number of hydrogen-bond donors (Lipinski definition) is 0. The summed E-state index contributed by atoms with van der Waals surface area (Å²) in [5.74, 6) is 1.64. The van der Waals surface area contributed by atoms with Crippen molar-refractivity contribution < 1.29 is 4.74 Å². The van der Waals surface area contributed by atoms with Crippen LogP contribution in [0.4, 0.5) is 0 Å². The summed E-state index contributed by atoms with van der Waals surface area (Å²) in [6, 6.07) is 0.589. The van der Waals surface area contributed by atoms with E-state index in [1.807, 2.05) is 0 Å². The molecule has 0 bridgehead atoms. The van der Waals surface area contributed by atoms with Crippen LogP contribution < -0.4 is 0 Å². The summed E-state index contributed by atoms with van der Waals surface area (Å²) in [6.07, 6.45) is 8.61. The molecule has 4 nitrogen and oxygen atoms in total. The van der Waals surface area contributed by atoms with Crippen LogP contribution >= 0.6 is 0 Å². The molecule has 1 spiro atoms. The molecule has 0 N–H and O–H groups in total. The van der Waals surface area contributed by atoms with Crippen LogP contribution in [0.5, 0.6) is 0 Å². The monoisotopic (exact) mass is 287 g/mol. The lowest BCUT2D eigenvalue weighted by Crippen LogP contribution is -2.61. The van der Waals surface area contributed by atoms with Crippen molar-refractivity contribution in [3.8, 4) is 0 Å². The Hall–Kier alpha value is -1.00. The highest BCUT2D eigenvalue weighted by molar-refractivity contribution is 5.33. The second-order valence-corrected chi connectivity index (χ2v) is 7.21. The molecule has 3 aliphatic rings. The van der Waals surface area contributed by atoms with Crippen molar-refractivity contribution in [1.82, 2.24) is 14.9 Å². The minimum absolute atomic E-state index is 0.106. The van der Waals surface area contributed by atoms with E-state index in [2.05, 4.69) is 24.9 Å². The van der Waals surface area contributed by atoms with Gasteiger partial charge in [0.15, 0.2) is 0 Å². The lowest BCUT2D eigenvalue weighted by atomic mass is 9.85. The summed E-state index contributed by atoms with van der Waals surface area (Å²) in [5, 5.41) is 0. The summed E-state index contributed by atoms with van der Waals surface area (Å²) in [7, 11) is 0. The molecule has 1 aromatic rings. The van der Waals surface area contributed by atoms with E-state index in [0.717, 1.165) is 24.6 Å². The molecule has 0 unspecified atom stereocenters. The van der Waals surface area contributed by atoms with Crippen molar-refractivity contribution >= 4 is 0 Å². The Morgan fingerprint density at radius 2 is 2.00 bits per heavy atom. The Balaban J connectivity index is 1.55. The standard InChI is InChI=1S/C17H25N3O/c1-12(2)20-10-17(11-20)14-8-18-16(19-15(14)9-21-17)13-6-4-3-5-7-13/h8,12-13H,3-7,9-11H2,1-2H3. The number of ether oxygens (including phenoxy) is 1. The Labute approximate surface area is 126 Å². The molecule has 0 aromatic carbocycles. The van der Waals surface area contributed by atoms with Gasteiger partial charge in [0.1, 0.15) is 11.4 Å². The molecule has 1 saturated heterocycles. The van der Waals surface area contributed by atoms with Crippen molar-refractivity contribution in [2.24, 2.45) is 0 Å². The van der Waals surface area contributed by atoms with Gasteiger partial charge in [-0.15, -0.1) is 0 Å². The highest BCUT2D eigenvalue weighted by Crippen LogP contribution is 2.43. The molecule has 0 atom stereocenters. The van der Waals surface area contributed by atoms with Gasteiger partial charge in [0, 0.05) is 36.8 Å². The molecular formula is C17H25N3O. The molecule has 1 saturated carbocycles. The summed E-state index contributed by atoms with van der Waals surface area (Å²) in [4.78, 5) is 12.0. The Morgan fingerprint density at radius 1 is 1.24 bits per heavy atom. The topological polar surface area (TPSA) is 38.2 Å². The molecule has 21 heavy (non-hydrogen) atoms. The summed E-state index contributed by atoms with van der Waals surface area (Å²) < 4.78 is 6.13. The van der Waals surface area contributed by atoms with Crippen LogP contribution in [0, 0.1) is 0 Å². The Morgan fingerprint density at radius 3 is 2.71 bits per heavy atom. The third-order valence-corrected chi connectivity index (χ3v) is 5.48. The largest absolute Gasteiger partial charge is 0.361 e. The van der Waals surface area contributed by atoms with E-state index in [4.69, 9.17) is 14.7 Å². The number of rotatable bonds is 2. The molecule has 4 heteroatoms. The van der Waals surface area contributed by atoms with Gasteiger partial charge in [-0.25, -0.2) is 9.97 Å². The van der Waals surface area contributed by atoms with Crippen LogP contribution in [-0.4, -0.2) is 34.0 Å². The third-order valence-electron chi connectivity index (χ3n) is 5.48. The maximum Gasteiger partial charge on any atom is 0.131 e. The van der Waals surface area contributed by atoms with Crippen LogP contribution in [0.15, 0.2) is 6.20 Å². The van der Waals surface area contributed by atoms with E-state index in [9.17, 15) is 0 Å². The Kier molecular flexibility index (Phi) is 3.27. The van der Waals surface area contributed by atoms with Gasteiger partial charge in [-0.1, -0.05) is 19.3 Å². The van der Waals surface area contributed by atoms with Crippen molar-refractivity contribution in [2.75, 3.05) is 13.1 Å². The third kappa shape index (κ3) is 2.20. The van der Waals surface area contributed by atoms with E-state index in [0.29, 0.717) is 18.6 Å². The average Bonchev–Trinajstić information content (AvgIpc) is 2.85. The van der Waals surface area contributed by atoms with Crippen molar-refractivity contribution in [1.29, 1.82) is 0 Å². The molecule has 2 fully saturated rings. The lowest BCUT2D eigenvalue weighted by Gasteiger charge is -2.49. The predicted molar refractivity (Wildman–Crippen MR) is 81.0 cm³/mol. The number of fused-ring (bicyclic) bond motifs is 2. The van der Waals surface area contributed by atoms with Crippen molar-refractivity contribution in [3.63, 3.8) is 0 Å². The maximum atomic E-state index is 6.13. The van der Waals surface area contributed by atoms with Gasteiger partial charge >= 0.3 is 0 Å². The molecular weight excluding hydrogens is 262 g/mol. The zero-order chi connectivity index (χ0) is 14.4. The molecule has 2 aliphatic heterocycles. The average molecular weight is 287 g/mol. The summed E-state index contributed by atoms with van der Waals surface area (Å²) >= 11 is 0. The summed E-state index contributed by atoms with van der Waals surface area (Å²) in [6.45, 7) is 7.13. The Bertz CT molecular complexity index is 531. The second-order valence-electron chi connectivity index (χ2n) is 7.21. The van der Waals surface area contributed by atoms with E-state index in [1.54, 1.807) is 0 Å². The van der Waals surface area contributed by atoms with Crippen molar-refractivity contribution in [3.05, 3.63) is 23.3 Å². The van der Waals surface area contributed by atoms with Gasteiger partial charge in [0.2, 0.25) is 0 Å². The van der Waals surface area contributed by atoms with Gasteiger partial charge in [0.05, 0.1) is 12.3 Å². The molecule has 0 amide bonds. The van der Waals surface area contributed by atoms with Gasteiger partial charge in [0.25, 0.3) is 0 Å². The van der Waals surface area contributed by atoms with Gasteiger partial charge < -0.3 is 4.74 Å². The van der Waals surface area contributed by atoms with Crippen LogP contribution in [0.2, 0.25) is 0 Å². The molecule has 4 rings (SSSR count). The molecule has 1 aliphatic carbocycles. The second kappa shape index (κ2) is 5.03. The zero-order valence-corrected chi connectivity index (χ0v) is 13.1. The summed E-state index contributed by atoms with van der Waals surface area (Å²) in [5.41, 5.74) is 2.29. The zero-order valence-electron chi connectivity index (χ0n) is 13.1. The first-order valence-electron chi connectivity index (χ1n) is 8.42. The van der Waals surface area contributed by atoms with Crippen LogP contribution in [0.3, 0.4) is 0 Å². The van der Waals surface area contributed by atoms with Gasteiger partial charge in [-0.05, 0) is 26.7 Å². The lowest BCUT2D eigenvalue weighted by molar-refractivity contribution is -0.151. The number of nitrogens with zero attached hydrogens (tertiary/aromatic N) is 3. The first-order chi connectivity index (χ1) is 10.2. The van der Waals surface area contributed by atoms with Gasteiger partial charge in [-0.3, -0.25) is 4.90 Å². The van der Waals surface area contributed by atoms with E-state index >= 15 is 0 Å². The fourth-order valence-electron chi connectivity index (χ4n) is 4.00. The highest BCUT2D eigenvalue weighted by Gasteiger charge is 2.51.